The van der Waals surface area contributed by atoms with Crippen molar-refractivity contribution in [1.82, 2.24) is 4.90 Å². The molecular formula is C16H23FN2O2. The van der Waals surface area contributed by atoms with Gasteiger partial charge in [-0.2, -0.15) is 0 Å². The highest BCUT2D eigenvalue weighted by Gasteiger charge is 2.27. The molecule has 21 heavy (non-hydrogen) atoms. The van der Waals surface area contributed by atoms with Crippen molar-refractivity contribution in [2.45, 2.75) is 38.3 Å². The molecule has 1 aromatic rings. The minimum Gasteiger partial charge on any atom is -0.494 e. The van der Waals surface area contributed by atoms with E-state index < -0.39 is 5.82 Å². The zero-order valence-electron chi connectivity index (χ0n) is 12.6. The molecule has 1 amide bonds. The Morgan fingerprint density at radius 3 is 2.86 bits per heavy atom. The maximum atomic E-state index is 13.7. The van der Waals surface area contributed by atoms with E-state index >= 15 is 0 Å². The molecule has 1 saturated carbocycles. The fourth-order valence-corrected chi connectivity index (χ4v) is 2.92. The predicted molar refractivity (Wildman–Crippen MR) is 79.4 cm³/mol. The second-order valence-electron chi connectivity index (χ2n) is 5.79. The number of methoxy groups -OCH3 is 1. The number of hydrogen-bond donors (Lipinski definition) is 1. The molecule has 2 N–H and O–H groups in total. The molecule has 0 saturated heterocycles. The highest BCUT2D eigenvalue weighted by Crippen LogP contribution is 2.25. The fraction of sp³-hybridized carbons (Fsp3) is 0.562. The maximum Gasteiger partial charge on any atom is 0.225 e. The minimum atomic E-state index is -0.407. The molecule has 0 aliphatic heterocycles. The van der Waals surface area contributed by atoms with Gasteiger partial charge in [0.1, 0.15) is 0 Å². The summed E-state index contributed by atoms with van der Waals surface area (Å²) in [7, 11) is 3.19. The Morgan fingerprint density at radius 2 is 2.24 bits per heavy atom. The molecule has 0 heterocycles. The molecule has 1 aliphatic rings. The van der Waals surface area contributed by atoms with E-state index in [9.17, 15) is 9.18 Å². The van der Waals surface area contributed by atoms with Crippen molar-refractivity contribution < 1.29 is 13.9 Å². The first-order valence-corrected chi connectivity index (χ1v) is 7.34. The summed E-state index contributed by atoms with van der Waals surface area (Å²) in [6.07, 6.45) is 3.65. The van der Waals surface area contributed by atoms with Gasteiger partial charge in [-0.1, -0.05) is 12.5 Å². The summed E-state index contributed by atoms with van der Waals surface area (Å²) >= 11 is 0. The van der Waals surface area contributed by atoms with Crippen LogP contribution in [0.3, 0.4) is 0 Å². The van der Waals surface area contributed by atoms with Gasteiger partial charge in [-0.25, -0.2) is 4.39 Å². The lowest BCUT2D eigenvalue weighted by molar-refractivity contribution is -0.135. The number of carbonyl (C=O) groups excluding carboxylic acids is 1. The summed E-state index contributed by atoms with van der Waals surface area (Å²) in [6, 6.07) is 4.90. The van der Waals surface area contributed by atoms with E-state index in [2.05, 4.69) is 0 Å². The van der Waals surface area contributed by atoms with Gasteiger partial charge in [0.05, 0.1) is 7.11 Å². The van der Waals surface area contributed by atoms with Crippen molar-refractivity contribution in [2.24, 2.45) is 11.7 Å². The summed E-state index contributed by atoms with van der Waals surface area (Å²) in [6.45, 7) is 0.394. The molecule has 0 spiro atoms. The van der Waals surface area contributed by atoms with Crippen LogP contribution in [0.5, 0.6) is 5.75 Å². The fourth-order valence-electron chi connectivity index (χ4n) is 2.92. The van der Waals surface area contributed by atoms with Crippen molar-refractivity contribution in [3.05, 3.63) is 29.6 Å². The number of ether oxygens (including phenoxy) is 1. The first-order valence-electron chi connectivity index (χ1n) is 7.34. The van der Waals surface area contributed by atoms with Gasteiger partial charge >= 0.3 is 0 Å². The Labute approximate surface area is 125 Å². The van der Waals surface area contributed by atoms with Crippen LogP contribution in [-0.2, 0) is 11.3 Å². The van der Waals surface area contributed by atoms with Gasteiger partial charge in [0, 0.05) is 25.6 Å². The quantitative estimate of drug-likeness (QED) is 0.927. The van der Waals surface area contributed by atoms with E-state index in [1.807, 2.05) is 0 Å². The zero-order chi connectivity index (χ0) is 15.4. The molecule has 5 heteroatoms. The molecule has 1 aromatic carbocycles. The van der Waals surface area contributed by atoms with Gasteiger partial charge in [0.25, 0.3) is 0 Å². The van der Waals surface area contributed by atoms with Gasteiger partial charge in [0.15, 0.2) is 11.6 Å². The normalized spacial score (nSPS) is 21.9. The third-order valence-electron chi connectivity index (χ3n) is 4.08. The minimum absolute atomic E-state index is 0.00171. The Bertz CT molecular complexity index is 507. The van der Waals surface area contributed by atoms with Gasteiger partial charge < -0.3 is 15.4 Å². The van der Waals surface area contributed by atoms with Gasteiger partial charge in [-0.05, 0) is 37.0 Å². The van der Waals surface area contributed by atoms with Crippen LogP contribution in [0.1, 0.15) is 31.2 Å². The standard InChI is InChI=1S/C16H23FN2O2/c1-19(16(20)12-4-3-5-13(18)9-12)10-11-6-7-15(21-2)14(17)8-11/h6-8,12-13H,3-5,9-10,18H2,1-2H3/t12-,13+/m1/s1. The molecule has 4 nitrogen and oxygen atoms in total. The highest BCUT2D eigenvalue weighted by molar-refractivity contribution is 5.78. The van der Waals surface area contributed by atoms with Crippen LogP contribution < -0.4 is 10.5 Å². The second-order valence-corrected chi connectivity index (χ2v) is 5.79. The molecule has 0 bridgehead atoms. The number of amides is 1. The lowest BCUT2D eigenvalue weighted by Crippen LogP contribution is -2.38. The Balaban J connectivity index is 1.98. The smallest absolute Gasteiger partial charge is 0.225 e. The molecule has 116 valence electrons. The number of halogens is 1. The Morgan fingerprint density at radius 1 is 1.48 bits per heavy atom. The number of rotatable bonds is 4. The summed E-state index contributed by atoms with van der Waals surface area (Å²) in [5.41, 5.74) is 6.69. The average Bonchev–Trinajstić information content (AvgIpc) is 2.46. The monoisotopic (exact) mass is 294 g/mol. The van der Waals surface area contributed by atoms with Crippen LogP contribution in [0.15, 0.2) is 18.2 Å². The molecule has 1 fully saturated rings. The number of hydrogen-bond acceptors (Lipinski definition) is 3. The average molecular weight is 294 g/mol. The molecule has 0 radical (unpaired) electrons. The van der Waals surface area contributed by atoms with Crippen LogP contribution in [0, 0.1) is 11.7 Å². The van der Waals surface area contributed by atoms with E-state index in [1.165, 1.54) is 13.2 Å². The highest BCUT2D eigenvalue weighted by atomic mass is 19.1. The zero-order valence-corrected chi connectivity index (χ0v) is 12.6. The lowest BCUT2D eigenvalue weighted by Gasteiger charge is -2.29. The van der Waals surface area contributed by atoms with Crippen LogP contribution in [0.2, 0.25) is 0 Å². The second kappa shape index (κ2) is 6.89. The molecule has 2 atom stereocenters. The number of carbonyl (C=O) groups is 1. The molecule has 0 aromatic heterocycles. The van der Waals surface area contributed by atoms with E-state index in [0.717, 1.165) is 31.2 Å². The summed E-state index contributed by atoms with van der Waals surface area (Å²) in [4.78, 5) is 14.1. The lowest BCUT2D eigenvalue weighted by atomic mass is 9.85. The van der Waals surface area contributed by atoms with E-state index in [4.69, 9.17) is 10.5 Å². The van der Waals surface area contributed by atoms with Crippen molar-refractivity contribution in [1.29, 1.82) is 0 Å². The van der Waals surface area contributed by atoms with Gasteiger partial charge in [-0.3, -0.25) is 4.79 Å². The van der Waals surface area contributed by atoms with Crippen molar-refractivity contribution in [3.8, 4) is 5.75 Å². The van der Waals surface area contributed by atoms with Crippen LogP contribution in [0.4, 0.5) is 4.39 Å². The third-order valence-corrected chi connectivity index (χ3v) is 4.08. The first-order chi connectivity index (χ1) is 10.0. The SMILES string of the molecule is COc1ccc(CN(C)C(=O)[C@@H]2CCC[C@H](N)C2)cc1F. The van der Waals surface area contributed by atoms with Crippen LogP contribution in [-0.4, -0.2) is 31.0 Å². The summed E-state index contributed by atoms with van der Waals surface area (Å²) in [5.74, 6) is -0.0928. The van der Waals surface area contributed by atoms with Gasteiger partial charge in [-0.15, -0.1) is 0 Å². The third kappa shape index (κ3) is 3.94. The number of nitrogens with two attached hydrogens (primary N) is 1. The van der Waals surface area contributed by atoms with Crippen molar-refractivity contribution in [3.63, 3.8) is 0 Å². The number of benzene rings is 1. The van der Waals surface area contributed by atoms with Gasteiger partial charge in [0.2, 0.25) is 5.91 Å². The van der Waals surface area contributed by atoms with E-state index in [0.29, 0.717) is 6.54 Å². The summed E-state index contributed by atoms with van der Waals surface area (Å²) < 4.78 is 18.6. The van der Waals surface area contributed by atoms with Crippen LogP contribution in [0.25, 0.3) is 0 Å². The summed E-state index contributed by atoms with van der Waals surface area (Å²) in [5, 5.41) is 0. The van der Waals surface area contributed by atoms with E-state index in [-0.39, 0.29) is 23.6 Å². The largest absolute Gasteiger partial charge is 0.494 e. The van der Waals surface area contributed by atoms with Crippen molar-refractivity contribution >= 4 is 5.91 Å². The molecule has 1 aliphatic carbocycles. The molecular weight excluding hydrogens is 271 g/mol. The first kappa shape index (κ1) is 15.8. The molecule has 2 rings (SSSR count). The van der Waals surface area contributed by atoms with Crippen LogP contribution >= 0.6 is 0 Å². The number of nitrogens with zero attached hydrogens (tertiary/aromatic N) is 1. The molecule has 0 unspecified atom stereocenters. The Kier molecular flexibility index (Phi) is 5.17. The van der Waals surface area contributed by atoms with E-state index in [1.54, 1.807) is 24.1 Å². The van der Waals surface area contributed by atoms with Crippen molar-refractivity contribution in [2.75, 3.05) is 14.2 Å². The predicted octanol–water partition coefficient (Wildman–Crippen LogP) is 2.31. The Hall–Kier alpha value is -1.62. The maximum absolute atomic E-state index is 13.7. The topological polar surface area (TPSA) is 55.6 Å².